The fourth-order valence-electron chi connectivity index (χ4n) is 2.40. The molecule has 0 unspecified atom stereocenters. The van der Waals surface area contributed by atoms with Crippen molar-refractivity contribution in [3.05, 3.63) is 40.7 Å². The quantitative estimate of drug-likeness (QED) is 0.919. The van der Waals surface area contributed by atoms with E-state index in [9.17, 15) is 0 Å². The van der Waals surface area contributed by atoms with Gasteiger partial charge in [-0.25, -0.2) is 0 Å². The number of hydrogen-bond donors (Lipinski definition) is 1. The zero-order valence-corrected chi connectivity index (χ0v) is 14.3. The molecule has 0 fully saturated rings. The van der Waals surface area contributed by atoms with Gasteiger partial charge in [0, 0.05) is 41.4 Å². The first-order chi connectivity index (χ1) is 9.82. The summed E-state index contributed by atoms with van der Waals surface area (Å²) in [6.45, 7) is 10.4. The Morgan fingerprint density at radius 3 is 2.52 bits per heavy atom. The number of aryl methyl sites for hydroxylation is 1. The zero-order valence-electron chi connectivity index (χ0n) is 13.5. The van der Waals surface area contributed by atoms with Crippen LogP contribution in [0.5, 0.6) is 0 Å². The molecule has 1 aromatic heterocycles. The van der Waals surface area contributed by atoms with Gasteiger partial charge in [-0.2, -0.15) is 5.10 Å². The molecule has 0 saturated heterocycles. The molecule has 0 aliphatic rings. The maximum absolute atomic E-state index is 6.51. The van der Waals surface area contributed by atoms with E-state index in [-0.39, 0.29) is 5.41 Å². The lowest BCUT2D eigenvalue weighted by Gasteiger charge is -2.18. The first-order valence-electron chi connectivity index (χ1n) is 7.36. The number of aromatic nitrogens is 2. The normalized spacial score (nSPS) is 11.9. The molecule has 1 heterocycles. The third-order valence-corrected chi connectivity index (χ3v) is 3.75. The van der Waals surface area contributed by atoms with Crippen molar-refractivity contribution in [2.75, 3.05) is 6.54 Å². The Bertz CT molecular complexity index is 623. The molecule has 3 nitrogen and oxygen atoms in total. The maximum Gasteiger partial charge on any atom is 0.0756 e. The average molecular weight is 306 g/mol. The van der Waals surface area contributed by atoms with E-state index >= 15 is 0 Å². The Hall–Kier alpha value is -1.32. The van der Waals surface area contributed by atoms with E-state index in [0.717, 1.165) is 34.9 Å². The molecule has 0 aliphatic heterocycles. The molecule has 0 amide bonds. The van der Waals surface area contributed by atoms with Crippen molar-refractivity contribution >= 4 is 11.6 Å². The third kappa shape index (κ3) is 3.66. The first-order valence-corrected chi connectivity index (χ1v) is 7.74. The van der Waals surface area contributed by atoms with Crippen LogP contribution in [0.25, 0.3) is 11.1 Å². The number of hydrogen-bond acceptors (Lipinski definition) is 2. The molecule has 2 aromatic rings. The van der Waals surface area contributed by atoms with Gasteiger partial charge in [-0.15, -0.1) is 0 Å². The lowest BCUT2D eigenvalue weighted by Crippen LogP contribution is -2.14. The summed E-state index contributed by atoms with van der Waals surface area (Å²) in [5.74, 6) is 0. The van der Waals surface area contributed by atoms with Crippen LogP contribution >= 0.6 is 11.6 Å². The highest BCUT2D eigenvalue weighted by molar-refractivity contribution is 6.33. The number of halogens is 1. The number of rotatable bonds is 4. The fraction of sp³-hybridized carbons (Fsp3) is 0.471. The average Bonchev–Trinajstić information content (AvgIpc) is 2.78. The van der Waals surface area contributed by atoms with E-state index in [4.69, 9.17) is 11.6 Å². The molecule has 4 heteroatoms. The van der Waals surface area contributed by atoms with Crippen LogP contribution in [0.3, 0.4) is 0 Å². The largest absolute Gasteiger partial charge is 0.313 e. The minimum atomic E-state index is -0.0115. The van der Waals surface area contributed by atoms with Crippen molar-refractivity contribution in [2.45, 2.75) is 39.7 Å². The highest BCUT2D eigenvalue weighted by Gasteiger charge is 2.23. The van der Waals surface area contributed by atoms with E-state index in [1.54, 1.807) is 0 Å². The predicted molar refractivity (Wildman–Crippen MR) is 89.7 cm³/mol. The molecule has 0 saturated carbocycles. The van der Waals surface area contributed by atoms with Gasteiger partial charge in [0.1, 0.15) is 0 Å². The lowest BCUT2D eigenvalue weighted by atomic mass is 9.87. The second kappa shape index (κ2) is 6.20. The molecule has 0 atom stereocenters. The van der Waals surface area contributed by atoms with Crippen molar-refractivity contribution in [1.29, 1.82) is 0 Å². The minimum absolute atomic E-state index is 0.0115. The number of benzene rings is 1. The van der Waals surface area contributed by atoms with Crippen LogP contribution in [0, 0.1) is 0 Å². The van der Waals surface area contributed by atoms with Crippen molar-refractivity contribution in [3.8, 4) is 11.1 Å². The molecule has 0 spiro atoms. The van der Waals surface area contributed by atoms with Crippen molar-refractivity contribution in [2.24, 2.45) is 7.05 Å². The molecule has 0 radical (unpaired) electrons. The summed E-state index contributed by atoms with van der Waals surface area (Å²) >= 11 is 6.51. The van der Waals surface area contributed by atoms with Gasteiger partial charge in [0.2, 0.25) is 0 Å². The maximum atomic E-state index is 6.51. The van der Waals surface area contributed by atoms with Crippen LogP contribution in [0.4, 0.5) is 0 Å². The highest BCUT2D eigenvalue weighted by Crippen LogP contribution is 2.35. The zero-order chi connectivity index (χ0) is 15.6. The van der Waals surface area contributed by atoms with Gasteiger partial charge in [0.15, 0.2) is 0 Å². The molecule has 0 bridgehead atoms. The predicted octanol–water partition coefficient (Wildman–Crippen LogP) is 4.15. The summed E-state index contributed by atoms with van der Waals surface area (Å²) in [5, 5.41) is 8.71. The van der Waals surface area contributed by atoms with Gasteiger partial charge in [0.25, 0.3) is 0 Å². The van der Waals surface area contributed by atoms with E-state index in [1.807, 2.05) is 24.0 Å². The Labute approximate surface area is 132 Å². The van der Waals surface area contributed by atoms with Crippen LogP contribution in [-0.4, -0.2) is 16.3 Å². The molecule has 114 valence electrons. The van der Waals surface area contributed by atoms with Gasteiger partial charge in [-0.3, -0.25) is 4.68 Å². The topological polar surface area (TPSA) is 29.9 Å². The van der Waals surface area contributed by atoms with E-state index in [1.165, 1.54) is 5.56 Å². The van der Waals surface area contributed by atoms with Crippen molar-refractivity contribution in [1.82, 2.24) is 15.1 Å². The summed E-state index contributed by atoms with van der Waals surface area (Å²) in [6, 6.07) is 6.27. The molecular formula is C17H24ClN3. The van der Waals surface area contributed by atoms with Gasteiger partial charge in [-0.05, 0) is 18.2 Å². The lowest BCUT2D eigenvalue weighted by molar-refractivity contribution is 0.554. The van der Waals surface area contributed by atoms with E-state index in [0.29, 0.717) is 0 Å². The molecule has 0 aliphatic carbocycles. The van der Waals surface area contributed by atoms with Crippen LogP contribution < -0.4 is 5.32 Å². The molecular weight excluding hydrogens is 282 g/mol. The Balaban J connectivity index is 2.43. The smallest absolute Gasteiger partial charge is 0.0756 e. The number of nitrogens with zero attached hydrogens (tertiary/aromatic N) is 2. The Kier molecular flexibility index (Phi) is 4.74. The molecule has 2 rings (SSSR count). The second-order valence-electron chi connectivity index (χ2n) is 6.41. The van der Waals surface area contributed by atoms with Crippen molar-refractivity contribution < 1.29 is 0 Å². The van der Waals surface area contributed by atoms with Gasteiger partial charge >= 0.3 is 0 Å². The standard InChI is InChI=1S/C17H24ClN3/c1-6-19-10-12-7-8-13(15(18)9-12)14-11-21(5)20-16(14)17(2,3)4/h7-9,11,19H,6,10H2,1-5H3. The molecule has 21 heavy (non-hydrogen) atoms. The van der Waals surface area contributed by atoms with E-state index in [2.05, 4.69) is 50.2 Å². The summed E-state index contributed by atoms with van der Waals surface area (Å²) in [5.41, 5.74) is 4.43. The van der Waals surface area contributed by atoms with Gasteiger partial charge in [-0.1, -0.05) is 51.4 Å². The van der Waals surface area contributed by atoms with Crippen LogP contribution in [-0.2, 0) is 19.0 Å². The summed E-state index contributed by atoms with van der Waals surface area (Å²) in [4.78, 5) is 0. The van der Waals surface area contributed by atoms with Gasteiger partial charge < -0.3 is 5.32 Å². The van der Waals surface area contributed by atoms with Crippen LogP contribution in [0.15, 0.2) is 24.4 Å². The van der Waals surface area contributed by atoms with Gasteiger partial charge in [0.05, 0.1) is 5.69 Å². The number of nitrogens with one attached hydrogen (secondary N) is 1. The van der Waals surface area contributed by atoms with Crippen LogP contribution in [0.1, 0.15) is 39.0 Å². The molecule has 1 N–H and O–H groups in total. The minimum Gasteiger partial charge on any atom is -0.313 e. The summed E-state index contributed by atoms with van der Waals surface area (Å²) in [7, 11) is 1.95. The van der Waals surface area contributed by atoms with Crippen molar-refractivity contribution in [3.63, 3.8) is 0 Å². The Morgan fingerprint density at radius 2 is 1.95 bits per heavy atom. The molecule has 1 aromatic carbocycles. The summed E-state index contributed by atoms with van der Waals surface area (Å²) < 4.78 is 1.86. The highest BCUT2D eigenvalue weighted by atomic mass is 35.5. The van der Waals surface area contributed by atoms with Crippen LogP contribution in [0.2, 0.25) is 5.02 Å². The Morgan fingerprint density at radius 1 is 1.24 bits per heavy atom. The fourth-order valence-corrected chi connectivity index (χ4v) is 2.70. The monoisotopic (exact) mass is 305 g/mol. The third-order valence-electron chi connectivity index (χ3n) is 3.44. The summed E-state index contributed by atoms with van der Waals surface area (Å²) in [6.07, 6.45) is 2.05. The SMILES string of the molecule is CCNCc1ccc(-c2cn(C)nc2C(C)(C)C)c(Cl)c1. The first kappa shape index (κ1) is 16.1. The van der Waals surface area contributed by atoms with E-state index < -0.39 is 0 Å². The second-order valence-corrected chi connectivity index (χ2v) is 6.82.